The van der Waals surface area contributed by atoms with Crippen LogP contribution in [0.25, 0.3) is 0 Å². The normalized spacial score (nSPS) is 10.0. The van der Waals surface area contributed by atoms with Crippen molar-refractivity contribution in [3.63, 3.8) is 0 Å². The molecular weight excluding hydrogens is 121 g/mol. The Morgan fingerprint density at radius 2 is 2.22 bits per heavy atom. The van der Waals surface area contributed by atoms with Crippen LogP contribution < -0.4 is 5.32 Å². The monoisotopic (exact) mass is 135 g/mol. The lowest BCUT2D eigenvalue weighted by Gasteiger charge is -2.00. The van der Waals surface area contributed by atoms with Gasteiger partial charge < -0.3 is 10.1 Å². The molecule has 0 radical (unpaired) electrons. The fourth-order valence-electron chi connectivity index (χ4n) is 0.480. The van der Waals surface area contributed by atoms with Gasteiger partial charge in [-0.05, 0) is 6.92 Å². The Kier molecular flexibility index (Phi) is 7.72. The molecule has 0 amide bonds. The Labute approximate surface area is 55.4 Å². The molecule has 0 aromatic heterocycles. The maximum atomic E-state index is 11.4. The van der Waals surface area contributed by atoms with Crippen LogP contribution >= 0.6 is 0 Å². The second kappa shape index (κ2) is 7.85. The predicted octanol–water partition coefficient (Wildman–Crippen LogP) is 0.582. The van der Waals surface area contributed by atoms with E-state index in [9.17, 15) is 4.39 Å². The molecule has 0 spiro atoms. The van der Waals surface area contributed by atoms with Crippen molar-refractivity contribution < 1.29 is 9.13 Å². The summed E-state index contributed by atoms with van der Waals surface area (Å²) in [4.78, 5) is 0. The number of ether oxygens (including phenoxy) is 1. The molecule has 0 heterocycles. The van der Waals surface area contributed by atoms with Gasteiger partial charge in [-0.2, -0.15) is 0 Å². The van der Waals surface area contributed by atoms with Crippen LogP contribution in [0.5, 0.6) is 0 Å². The molecule has 1 N–H and O–H groups in total. The zero-order valence-corrected chi connectivity index (χ0v) is 5.82. The lowest BCUT2D eigenvalue weighted by Crippen LogP contribution is -2.21. The second-order valence-corrected chi connectivity index (χ2v) is 1.64. The molecule has 56 valence electrons. The SMILES string of the molecule is CCOCCNCCF. The van der Waals surface area contributed by atoms with Gasteiger partial charge in [0.2, 0.25) is 0 Å². The quantitative estimate of drug-likeness (QED) is 0.538. The molecule has 2 nitrogen and oxygen atoms in total. The molecule has 0 aromatic rings. The topological polar surface area (TPSA) is 21.3 Å². The van der Waals surface area contributed by atoms with E-state index >= 15 is 0 Å². The van der Waals surface area contributed by atoms with Gasteiger partial charge in [0, 0.05) is 19.7 Å². The van der Waals surface area contributed by atoms with E-state index in [4.69, 9.17) is 4.74 Å². The third-order valence-corrected chi connectivity index (χ3v) is 0.899. The summed E-state index contributed by atoms with van der Waals surface area (Å²) in [7, 11) is 0. The van der Waals surface area contributed by atoms with Gasteiger partial charge in [-0.15, -0.1) is 0 Å². The van der Waals surface area contributed by atoms with Gasteiger partial charge in [0.15, 0.2) is 0 Å². The molecule has 0 unspecified atom stereocenters. The first-order chi connectivity index (χ1) is 4.41. The number of nitrogens with one attached hydrogen (secondary N) is 1. The minimum Gasteiger partial charge on any atom is -0.380 e. The highest BCUT2D eigenvalue weighted by Crippen LogP contribution is 1.70. The summed E-state index contributed by atoms with van der Waals surface area (Å²) < 4.78 is 16.4. The molecular formula is C6H14FNO. The lowest BCUT2D eigenvalue weighted by molar-refractivity contribution is 0.149. The second-order valence-electron chi connectivity index (χ2n) is 1.64. The van der Waals surface area contributed by atoms with Crippen LogP contribution in [0.3, 0.4) is 0 Å². The molecule has 0 fully saturated rings. The Bertz CT molecular complexity index is 46.3. The van der Waals surface area contributed by atoms with Gasteiger partial charge in [0.25, 0.3) is 0 Å². The summed E-state index contributed by atoms with van der Waals surface area (Å²) in [5, 5.41) is 2.87. The molecule has 0 rings (SSSR count). The predicted molar refractivity (Wildman–Crippen MR) is 35.3 cm³/mol. The van der Waals surface area contributed by atoms with Gasteiger partial charge in [0.1, 0.15) is 6.67 Å². The number of hydrogen-bond acceptors (Lipinski definition) is 2. The molecule has 9 heavy (non-hydrogen) atoms. The average Bonchev–Trinajstić information content (AvgIpc) is 1.89. The maximum Gasteiger partial charge on any atom is 0.102 e. The Morgan fingerprint density at radius 1 is 1.44 bits per heavy atom. The third-order valence-electron chi connectivity index (χ3n) is 0.899. The van der Waals surface area contributed by atoms with Crippen LogP contribution in [0.4, 0.5) is 4.39 Å². The molecule has 0 saturated heterocycles. The summed E-state index contributed by atoms with van der Waals surface area (Å²) >= 11 is 0. The summed E-state index contributed by atoms with van der Waals surface area (Å²) in [6.45, 7) is 4.24. The molecule has 0 aromatic carbocycles. The van der Waals surface area contributed by atoms with E-state index in [0.29, 0.717) is 13.2 Å². The van der Waals surface area contributed by atoms with Gasteiger partial charge in [-0.1, -0.05) is 0 Å². The number of alkyl halides is 1. The highest BCUT2D eigenvalue weighted by Gasteiger charge is 1.84. The summed E-state index contributed by atoms with van der Waals surface area (Å²) in [5.41, 5.74) is 0. The maximum absolute atomic E-state index is 11.4. The van der Waals surface area contributed by atoms with Crippen LogP contribution in [0.15, 0.2) is 0 Å². The Hall–Kier alpha value is -0.150. The Balaban J connectivity index is 2.60. The molecule has 3 heteroatoms. The lowest BCUT2D eigenvalue weighted by atomic mass is 10.6. The van der Waals surface area contributed by atoms with Gasteiger partial charge in [-0.3, -0.25) is 0 Å². The van der Waals surface area contributed by atoms with E-state index in [2.05, 4.69) is 5.32 Å². The molecule has 0 atom stereocenters. The van der Waals surface area contributed by atoms with Crippen LogP contribution in [0, 0.1) is 0 Å². The van der Waals surface area contributed by atoms with Crippen molar-refractivity contribution in [3.8, 4) is 0 Å². The first-order valence-corrected chi connectivity index (χ1v) is 3.26. The van der Waals surface area contributed by atoms with Crippen molar-refractivity contribution in [1.29, 1.82) is 0 Å². The summed E-state index contributed by atoms with van der Waals surface area (Å²) in [6, 6.07) is 0. The van der Waals surface area contributed by atoms with Crippen LogP contribution in [-0.2, 0) is 4.74 Å². The zero-order valence-electron chi connectivity index (χ0n) is 5.82. The van der Waals surface area contributed by atoms with Crippen molar-refractivity contribution in [2.45, 2.75) is 6.92 Å². The van der Waals surface area contributed by atoms with Gasteiger partial charge >= 0.3 is 0 Å². The standard InChI is InChI=1S/C6H14FNO/c1-2-9-6-5-8-4-3-7/h8H,2-6H2,1H3. The number of hydrogen-bond donors (Lipinski definition) is 1. The van der Waals surface area contributed by atoms with Crippen molar-refractivity contribution in [2.24, 2.45) is 0 Å². The Morgan fingerprint density at radius 3 is 2.78 bits per heavy atom. The van der Waals surface area contributed by atoms with Gasteiger partial charge in [-0.25, -0.2) is 4.39 Å². The molecule has 0 aliphatic heterocycles. The summed E-state index contributed by atoms with van der Waals surface area (Å²) in [5.74, 6) is 0. The van der Waals surface area contributed by atoms with Crippen molar-refractivity contribution >= 4 is 0 Å². The largest absolute Gasteiger partial charge is 0.380 e. The minimum atomic E-state index is -0.299. The smallest absolute Gasteiger partial charge is 0.102 e. The molecule has 0 bridgehead atoms. The first kappa shape index (κ1) is 8.85. The van der Waals surface area contributed by atoms with E-state index in [-0.39, 0.29) is 6.67 Å². The van der Waals surface area contributed by atoms with E-state index in [1.807, 2.05) is 6.92 Å². The van der Waals surface area contributed by atoms with Crippen molar-refractivity contribution in [1.82, 2.24) is 5.32 Å². The first-order valence-electron chi connectivity index (χ1n) is 3.26. The van der Waals surface area contributed by atoms with Crippen molar-refractivity contribution in [2.75, 3.05) is 33.0 Å². The number of halogens is 1. The van der Waals surface area contributed by atoms with Crippen LogP contribution in [0.1, 0.15) is 6.92 Å². The zero-order chi connectivity index (χ0) is 6.95. The average molecular weight is 135 g/mol. The molecule has 0 aliphatic rings. The minimum absolute atomic E-state index is 0.299. The van der Waals surface area contributed by atoms with E-state index < -0.39 is 0 Å². The fourth-order valence-corrected chi connectivity index (χ4v) is 0.480. The van der Waals surface area contributed by atoms with E-state index in [1.165, 1.54) is 0 Å². The summed E-state index contributed by atoms with van der Waals surface area (Å²) in [6.07, 6.45) is 0. The molecule has 0 aliphatic carbocycles. The highest BCUT2D eigenvalue weighted by molar-refractivity contribution is 4.42. The fraction of sp³-hybridized carbons (Fsp3) is 1.00. The van der Waals surface area contributed by atoms with Crippen LogP contribution in [-0.4, -0.2) is 33.0 Å². The van der Waals surface area contributed by atoms with Crippen LogP contribution in [0.2, 0.25) is 0 Å². The van der Waals surface area contributed by atoms with E-state index in [0.717, 1.165) is 13.2 Å². The third kappa shape index (κ3) is 7.85. The highest BCUT2D eigenvalue weighted by atomic mass is 19.1. The molecule has 0 saturated carbocycles. The van der Waals surface area contributed by atoms with Crippen molar-refractivity contribution in [3.05, 3.63) is 0 Å². The van der Waals surface area contributed by atoms with E-state index in [1.54, 1.807) is 0 Å². The van der Waals surface area contributed by atoms with Gasteiger partial charge in [0.05, 0.1) is 6.61 Å². The number of rotatable bonds is 6.